The molecule has 1 aliphatic heterocycles. The molecule has 2 aromatic rings. The summed E-state index contributed by atoms with van der Waals surface area (Å²) in [5.74, 6) is 1.44. The first-order valence-corrected chi connectivity index (χ1v) is 6.66. The van der Waals surface area contributed by atoms with Crippen LogP contribution in [-0.2, 0) is 6.42 Å². The van der Waals surface area contributed by atoms with Crippen LogP contribution in [0, 0.1) is 6.92 Å². The smallest absolute Gasteiger partial charge is 0.243 e. The Morgan fingerprint density at radius 1 is 1.53 bits per heavy atom. The van der Waals surface area contributed by atoms with Gasteiger partial charge in [0.05, 0.1) is 12.5 Å². The molecule has 90 valence electrons. The SMILES string of the molecule is Cc1csc(Cc2noc([C@H]3CCCN3)n2)n1. The Hall–Kier alpha value is -1.27. The maximum Gasteiger partial charge on any atom is 0.243 e. The van der Waals surface area contributed by atoms with E-state index in [4.69, 9.17) is 4.52 Å². The Labute approximate surface area is 103 Å². The van der Waals surface area contributed by atoms with Crippen molar-refractivity contribution in [2.24, 2.45) is 0 Å². The molecule has 2 aromatic heterocycles. The Morgan fingerprint density at radius 3 is 3.18 bits per heavy atom. The van der Waals surface area contributed by atoms with Gasteiger partial charge in [0.2, 0.25) is 5.89 Å². The van der Waals surface area contributed by atoms with Crippen LogP contribution in [0.5, 0.6) is 0 Å². The number of hydrogen-bond acceptors (Lipinski definition) is 6. The molecule has 6 heteroatoms. The molecular formula is C11H14N4OS. The standard InChI is InChI=1S/C11H14N4OS/c1-7-6-17-10(13-7)5-9-14-11(16-15-9)8-3-2-4-12-8/h6,8,12H,2-5H2,1H3/t8-/m1/s1. The molecule has 1 aliphatic rings. The van der Waals surface area contributed by atoms with E-state index in [1.54, 1.807) is 11.3 Å². The molecule has 0 bridgehead atoms. The summed E-state index contributed by atoms with van der Waals surface area (Å²) in [5, 5.41) is 10.4. The second kappa shape index (κ2) is 4.54. The van der Waals surface area contributed by atoms with Gasteiger partial charge < -0.3 is 9.84 Å². The number of rotatable bonds is 3. The van der Waals surface area contributed by atoms with Crippen molar-refractivity contribution in [1.82, 2.24) is 20.4 Å². The van der Waals surface area contributed by atoms with Gasteiger partial charge >= 0.3 is 0 Å². The van der Waals surface area contributed by atoms with E-state index in [2.05, 4.69) is 20.4 Å². The summed E-state index contributed by atoms with van der Waals surface area (Å²) >= 11 is 1.64. The fourth-order valence-corrected chi connectivity index (χ4v) is 2.76. The lowest BCUT2D eigenvalue weighted by Crippen LogP contribution is -2.13. The third-order valence-corrected chi connectivity index (χ3v) is 3.78. The zero-order valence-corrected chi connectivity index (χ0v) is 10.5. The fourth-order valence-electron chi connectivity index (χ4n) is 2.00. The van der Waals surface area contributed by atoms with Gasteiger partial charge in [-0.25, -0.2) is 4.98 Å². The lowest BCUT2D eigenvalue weighted by Gasteiger charge is -2.01. The summed E-state index contributed by atoms with van der Waals surface area (Å²) in [6, 6.07) is 0.245. The highest BCUT2D eigenvalue weighted by atomic mass is 32.1. The molecule has 0 radical (unpaired) electrons. The van der Waals surface area contributed by atoms with Gasteiger partial charge in [-0.05, 0) is 26.3 Å². The molecule has 3 heterocycles. The van der Waals surface area contributed by atoms with Crippen LogP contribution in [0.2, 0.25) is 0 Å². The summed E-state index contributed by atoms with van der Waals surface area (Å²) in [4.78, 5) is 8.82. The first-order valence-electron chi connectivity index (χ1n) is 5.78. The largest absolute Gasteiger partial charge is 0.338 e. The molecular weight excluding hydrogens is 236 g/mol. The Bertz CT molecular complexity index is 501. The van der Waals surface area contributed by atoms with Crippen LogP contribution in [0.3, 0.4) is 0 Å². The van der Waals surface area contributed by atoms with Crippen LogP contribution in [0.4, 0.5) is 0 Å². The van der Waals surface area contributed by atoms with Crippen LogP contribution >= 0.6 is 11.3 Å². The molecule has 0 aliphatic carbocycles. The van der Waals surface area contributed by atoms with Crippen molar-refractivity contribution >= 4 is 11.3 Å². The van der Waals surface area contributed by atoms with E-state index in [9.17, 15) is 0 Å². The summed E-state index contributed by atoms with van der Waals surface area (Å²) < 4.78 is 5.28. The maximum absolute atomic E-state index is 5.28. The number of aryl methyl sites for hydroxylation is 1. The number of hydrogen-bond donors (Lipinski definition) is 1. The van der Waals surface area contributed by atoms with Crippen molar-refractivity contribution in [2.75, 3.05) is 6.54 Å². The maximum atomic E-state index is 5.28. The first kappa shape index (κ1) is 10.9. The van der Waals surface area contributed by atoms with Gasteiger partial charge in [-0.3, -0.25) is 0 Å². The quantitative estimate of drug-likeness (QED) is 0.900. The van der Waals surface area contributed by atoms with Crippen LogP contribution in [0.25, 0.3) is 0 Å². The summed E-state index contributed by atoms with van der Waals surface area (Å²) in [7, 11) is 0. The van der Waals surface area contributed by atoms with Gasteiger partial charge in [0, 0.05) is 11.1 Å². The predicted octanol–water partition coefficient (Wildman–Crippen LogP) is 1.85. The van der Waals surface area contributed by atoms with Gasteiger partial charge in [0.1, 0.15) is 5.01 Å². The van der Waals surface area contributed by atoms with E-state index in [1.807, 2.05) is 12.3 Å². The van der Waals surface area contributed by atoms with E-state index in [1.165, 1.54) is 6.42 Å². The first-order chi connectivity index (χ1) is 8.31. The van der Waals surface area contributed by atoms with Gasteiger partial charge in [0.15, 0.2) is 5.82 Å². The molecule has 1 fully saturated rings. The van der Waals surface area contributed by atoms with E-state index in [-0.39, 0.29) is 6.04 Å². The summed E-state index contributed by atoms with van der Waals surface area (Å²) in [6.07, 6.45) is 2.92. The predicted molar refractivity (Wildman–Crippen MR) is 63.9 cm³/mol. The van der Waals surface area contributed by atoms with Crippen molar-refractivity contribution in [1.29, 1.82) is 0 Å². The van der Waals surface area contributed by atoms with Crippen LogP contribution in [0.1, 0.15) is 41.3 Å². The van der Waals surface area contributed by atoms with Crippen molar-refractivity contribution in [3.8, 4) is 0 Å². The lowest BCUT2D eigenvalue weighted by molar-refractivity contribution is 0.341. The van der Waals surface area contributed by atoms with Gasteiger partial charge in [-0.2, -0.15) is 4.98 Å². The van der Waals surface area contributed by atoms with Crippen LogP contribution in [-0.4, -0.2) is 21.7 Å². The minimum absolute atomic E-state index is 0.245. The van der Waals surface area contributed by atoms with E-state index >= 15 is 0 Å². The summed E-state index contributed by atoms with van der Waals surface area (Å²) in [5.41, 5.74) is 1.05. The second-order valence-corrected chi connectivity index (χ2v) is 5.20. The zero-order valence-electron chi connectivity index (χ0n) is 9.64. The summed E-state index contributed by atoms with van der Waals surface area (Å²) in [6.45, 7) is 3.03. The Morgan fingerprint density at radius 2 is 2.47 bits per heavy atom. The zero-order chi connectivity index (χ0) is 11.7. The highest BCUT2D eigenvalue weighted by Crippen LogP contribution is 2.22. The number of nitrogens with one attached hydrogen (secondary N) is 1. The lowest BCUT2D eigenvalue weighted by atomic mass is 10.2. The second-order valence-electron chi connectivity index (χ2n) is 4.26. The van der Waals surface area contributed by atoms with Crippen LogP contribution in [0.15, 0.2) is 9.90 Å². The molecule has 1 atom stereocenters. The molecule has 0 unspecified atom stereocenters. The van der Waals surface area contributed by atoms with Crippen LogP contribution < -0.4 is 5.32 Å². The van der Waals surface area contributed by atoms with Crippen molar-refractivity contribution in [3.05, 3.63) is 27.8 Å². The normalized spacial score (nSPS) is 19.9. The van der Waals surface area contributed by atoms with E-state index in [0.717, 1.165) is 29.5 Å². The molecule has 0 saturated carbocycles. The number of thiazole rings is 1. The highest BCUT2D eigenvalue weighted by Gasteiger charge is 2.22. The highest BCUT2D eigenvalue weighted by molar-refractivity contribution is 7.09. The third kappa shape index (κ3) is 2.37. The average molecular weight is 250 g/mol. The van der Waals surface area contributed by atoms with Gasteiger partial charge in [-0.1, -0.05) is 5.16 Å². The monoisotopic (exact) mass is 250 g/mol. The third-order valence-electron chi connectivity index (χ3n) is 2.82. The molecule has 5 nitrogen and oxygen atoms in total. The van der Waals surface area contributed by atoms with Crippen molar-refractivity contribution < 1.29 is 4.52 Å². The van der Waals surface area contributed by atoms with E-state index < -0.39 is 0 Å². The molecule has 1 saturated heterocycles. The molecule has 17 heavy (non-hydrogen) atoms. The fraction of sp³-hybridized carbons (Fsp3) is 0.545. The average Bonchev–Trinajstić information content (AvgIpc) is 3.00. The van der Waals surface area contributed by atoms with Crippen molar-refractivity contribution in [2.45, 2.75) is 32.2 Å². The molecule has 0 amide bonds. The molecule has 0 spiro atoms. The number of nitrogens with zero attached hydrogens (tertiary/aromatic N) is 3. The molecule has 0 aromatic carbocycles. The van der Waals surface area contributed by atoms with Crippen molar-refractivity contribution in [3.63, 3.8) is 0 Å². The van der Waals surface area contributed by atoms with E-state index in [0.29, 0.717) is 12.3 Å². The topological polar surface area (TPSA) is 63.8 Å². The molecule has 3 rings (SSSR count). The minimum atomic E-state index is 0.245. The van der Waals surface area contributed by atoms with Gasteiger partial charge in [0.25, 0.3) is 0 Å². The number of aromatic nitrogens is 3. The Balaban J connectivity index is 1.71. The Kier molecular flexibility index (Phi) is 2.90. The van der Waals surface area contributed by atoms with Gasteiger partial charge in [-0.15, -0.1) is 11.3 Å². The molecule has 1 N–H and O–H groups in total. The minimum Gasteiger partial charge on any atom is -0.338 e.